The zero-order chi connectivity index (χ0) is 23.5. The molecule has 1 N–H and O–H groups in total. The molecule has 1 aromatic rings. The Morgan fingerprint density at radius 1 is 1.24 bits per heavy atom. The van der Waals surface area contributed by atoms with Crippen LogP contribution in [-0.2, 0) is 6.54 Å². The third-order valence-electron chi connectivity index (χ3n) is 11.1. The monoisotopic (exact) mass is 457 g/mol. The Morgan fingerprint density at radius 3 is 2.71 bits per heavy atom. The first-order valence-corrected chi connectivity index (χ1v) is 13.6. The first-order chi connectivity index (χ1) is 15.6. The van der Waals surface area contributed by atoms with Gasteiger partial charge >= 0.3 is 18.9 Å². The molecule has 4 aliphatic rings. The minimum atomic E-state index is -0.834. The number of hydrogen-bond donors (Lipinski definition) is 1. The molecule has 0 bridgehead atoms. The van der Waals surface area contributed by atoms with Crippen LogP contribution in [0.3, 0.4) is 0 Å². The van der Waals surface area contributed by atoms with Crippen molar-refractivity contribution in [1.29, 1.82) is 5.26 Å². The van der Waals surface area contributed by atoms with E-state index in [0.29, 0.717) is 29.9 Å². The van der Waals surface area contributed by atoms with E-state index >= 15 is 0 Å². The fourth-order valence-electron chi connectivity index (χ4n) is 9.55. The van der Waals surface area contributed by atoms with Crippen LogP contribution in [0.1, 0.15) is 91.5 Å². The Morgan fingerprint density at radius 2 is 2.00 bits per heavy atom. The Kier molecular flexibility index (Phi) is 7.44. The largest absolute Gasteiger partial charge is 1.00 e. The summed E-state index contributed by atoms with van der Waals surface area (Å²) in [5, 5.41) is 25.5. The maximum Gasteiger partial charge on any atom is 1.00 e. The van der Waals surface area contributed by atoms with Gasteiger partial charge in [-0.2, -0.15) is 29.1 Å². The average Bonchev–Trinajstić information content (AvgIpc) is 3.22. The van der Waals surface area contributed by atoms with Crippen LogP contribution in [0.2, 0.25) is 0 Å². The van der Waals surface area contributed by atoms with Crippen LogP contribution in [0, 0.1) is 70.0 Å². The van der Waals surface area contributed by atoms with E-state index in [2.05, 4.69) is 38.9 Å². The second-order valence-corrected chi connectivity index (χ2v) is 13.1. The van der Waals surface area contributed by atoms with Crippen molar-refractivity contribution in [3.63, 3.8) is 0 Å². The molecule has 0 amide bonds. The number of nitriles is 1. The first-order valence-electron chi connectivity index (χ1n) is 13.6. The number of hydrogen-bond acceptors (Lipinski definition) is 3. The molecule has 1 aromatic heterocycles. The van der Waals surface area contributed by atoms with Crippen LogP contribution >= 0.6 is 0 Å². The molecular weight excluding hydrogens is 413 g/mol. The van der Waals surface area contributed by atoms with Gasteiger partial charge in [-0.15, -0.1) is 0 Å². The van der Waals surface area contributed by atoms with Crippen LogP contribution in [0.4, 0.5) is 0 Å². The number of nitrogens with zero attached hydrogens (tertiary/aromatic N) is 3. The summed E-state index contributed by atoms with van der Waals surface area (Å²) >= 11 is 0. The van der Waals surface area contributed by atoms with E-state index in [1.165, 1.54) is 44.9 Å². The summed E-state index contributed by atoms with van der Waals surface area (Å²) < 4.78 is 1.79. The maximum atomic E-state index is 11.9. The molecule has 4 aliphatic carbocycles. The van der Waals surface area contributed by atoms with E-state index in [-0.39, 0.29) is 30.2 Å². The first kappa shape index (κ1) is 26.3. The van der Waals surface area contributed by atoms with Gasteiger partial charge in [0.1, 0.15) is 6.07 Å². The van der Waals surface area contributed by atoms with E-state index < -0.39 is 5.60 Å². The van der Waals surface area contributed by atoms with Crippen molar-refractivity contribution in [2.24, 2.45) is 52.8 Å². The van der Waals surface area contributed by atoms with E-state index in [1.807, 2.05) is 12.8 Å². The molecule has 182 valence electrons. The van der Waals surface area contributed by atoms with E-state index in [0.717, 1.165) is 30.1 Å². The Balaban J connectivity index is 0.00000274. The van der Waals surface area contributed by atoms with Crippen LogP contribution in [0.25, 0.3) is 0 Å². The van der Waals surface area contributed by atoms with Crippen molar-refractivity contribution in [2.75, 3.05) is 0 Å². The molecule has 5 rings (SSSR count). The standard InChI is InChI=1S/C29H44N3O.Li/c1-18-6-8-23-22(12-18)7-9-25-24(23)10-11-28(4)26(13-19(2)20(3)27(25)28)29(5,33)17-32-16-21(14-30)15-31-32;/h15-16,18-20,23-27,33H,6-13,17H2,1-5H3;/q-1;+1/t18-,19-,20+,23-,24?,25+,26-,27?,28+,29+;/m0./s1. The van der Waals surface area contributed by atoms with Gasteiger partial charge in [0.2, 0.25) is 0 Å². The number of rotatable bonds is 3. The number of aromatic nitrogens is 2. The SMILES string of the molecule is C[C@H]1CC[C@H]2[C-](CC[C@@H]3C2CC[C@@]2(C)C3[C@H](C)[C@@H](C)C[C@@H]2[C@](C)(O)Cn2cc(C#N)cn2)C1.[Li+]. The smallest absolute Gasteiger partial charge is 0.388 e. The van der Waals surface area contributed by atoms with E-state index in [1.54, 1.807) is 17.1 Å². The molecule has 0 aliphatic heterocycles. The molecule has 2 unspecified atom stereocenters. The minimum absolute atomic E-state index is 0. The summed E-state index contributed by atoms with van der Waals surface area (Å²) in [4.78, 5) is 0. The molecule has 10 atom stereocenters. The molecule has 4 fully saturated rings. The van der Waals surface area contributed by atoms with Gasteiger partial charge in [0.05, 0.1) is 23.9 Å². The molecule has 34 heavy (non-hydrogen) atoms. The average molecular weight is 458 g/mol. The summed E-state index contributed by atoms with van der Waals surface area (Å²) in [6.45, 7) is 12.4. The molecule has 4 saturated carbocycles. The molecule has 0 radical (unpaired) electrons. The van der Waals surface area contributed by atoms with Crippen molar-refractivity contribution in [3.8, 4) is 6.07 Å². The van der Waals surface area contributed by atoms with Gasteiger partial charge in [-0.3, -0.25) is 4.68 Å². The van der Waals surface area contributed by atoms with Crippen LogP contribution in [0.15, 0.2) is 12.4 Å². The molecule has 0 saturated heterocycles. The predicted octanol–water partition coefficient (Wildman–Crippen LogP) is 3.26. The number of fused-ring (bicyclic) bond motifs is 5. The third-order valence-corrected chi connectivity index (χ3v) is 11.1. The Hall–Kier alpha value is -0.743. The maximum absolute atomic E-state index is 11.9. The van der Waals surface area contributed by atoms with Crippen molar-refractivity contribution < 1.29 is 24.0 Å². The van der Waals surface area contributed by atoms with Crippen LogP contribution < -0.4 is 18.9 Å². The third kappa shape index (κ3) is 4.33. The van der Waals surface area contributed by atoms with Crippen molar-refractivity contribution in [3.05, 3.63) is 23.9 Å². The topological polar surface area (TPSA) is 61.8 Å². The summed E-state index contributed by atoms with van der Waals surface area (Å²) in [5.74, 6) is 7.67. The van der Waals surface area contributed by atoms with E-state index in [4.69, 9.17) is 0 Å². The van der Waals surface area contributed by atoms with Crippen molar-refractivity contribution in [1.82, 2.24) is 9.78 Å². The van der Waals surface area contributed by atoms with Crippen molar-refractivity contribution in [2.45, 2.75) is 98.1 Å². The van der Waals surface area contributed by atoms with Gasteiger partial charge < -0.3 is 11.0 Å². The molecule has 0 aromatic carbocycles. The van der Waals surface area contributed by atoms with Gasteiger partial charge in [-0.05, 0) is 54.8 Å². The molecule has 4 nitrogen and oxygen atoms in total. The fraction of sp³-hybridized carbons (Fsp3) is 0.828. The summed E-state index contributed by atoms with van der Waals surface area (Å²) in [6, 6.07) is 2.17. The molecular formula is C29H44LiN3O. The van der Waals surface area contributed by atoms with Gasteiger partial charge in [0, 0.05) is 6.20 Å². The van der Waals surface area contributed by atoms with Crippen molar-refractivity contribution >= 4 is 0 Å². The quantitative estimate of drug-likeness (QED) is 0.560. The van der Waals surface area contributed by atoms with Crippen LogP contribution in [0.5, 0.6) is 0 Å². The number of aliphatic hydroxyl groups is 1. The van der Waals surface area contributed by atoms with Gasteiger partial charge in [0.25, 0.3) is 0 Å². The normalized spacial score (nSPS) is 43.9. The van der Waals surface area contributed by atoms with Crippen LogP contribution in [-0.4, -0.2) is 20.5 Å². The van der Waals surface area contributed by atoms with E-state index in [9.17, 15) is 10.4 Å². The fourth-order valence-corrected chi connectivity index (χ4v) is 9.55. The second kappa shape index (κ2) is 9.61. The predicted molar refractivity (Wildman–Crippen MR) is 131 cm³/mol. The minimum Gasteiger partial charge on any atom is -0.388 e. The summed E-state index contributed by atoms with van der Waals surface area (Å²) in [5.41, 5.74) is -0.0994. The molecule has 1 heterocycles. The van der Waals surface area contributed by atoms with Gasteiger partial charge in [-0.1, -0.05) is 65.2 Å². The molecule has 0 spiro atoms. The van der Waals surface area contributed by atoms with Gasteiger partial charge in [0.15, 0.2) is 0 Å². The molecule has 5 heteroatoms. The summed E-state index contributed by atoms with van der Waals surface area (Å²) in [7, 11) is 0. The van der Waals surface area contributed by atoms with Gasteiger partial charge in [-0.25, -0.2) is 0 Å². The Bertz CT molecular complexity index is 905. The zero-order valence-electron chi connectivity index (χ0n) is 22.4. The zero-order valence-corrected chi connectivity index (χ0v) is 22.4. The Labute approximate surface area is 219 Å². The second-order valence-electron chi connectivity index (χ2n) is 13.1. The summed E-state index contributed by atoms with van der Waals surface area (Å²) in [6.07, 6.45) is 14.0.